The van der Waals surface area contributed by atoms with Crippen molar-refractivity contribution in [3.63, 3.8) is 0 Å². The number of halogens is 5. The van der Waals surface area contributed by atoms with Crippen molar-refractivity contribution in [1.29, 1.82) is 0 Å². The molecule has 1 aromatic rings. The molecule has 2 nitrogen and oxygen atoms in total. The second kappa shape index (κ2) is 9.48. The van der Waals surface area contributed by atoms with Crippen LogP contribution in [-0.2, 0) is 19.5 Å². The number of rotatable bonds is 3. The van der Waals surface area contributed by atoms with Gasteiger partial charge in [-0.05, 0) is 18.1 Å². The normalized spacial score (nSPS) is 10.5. The molecule has 0 saturated carbocycles. The zero-order valence-electron chi connectivity index (χ0n) is 12.2. The first-order valence-electron chi connectivity index (χ1n) is 6.10. The summed E-state index contributed by atoms with van der Waals surface area (Å²) in [5, 5.41) is 0. The van der Waals surface area contributed by atoms with Crippen LogP contribution in [0.1, 0.15) is 20.8 Å². The SMILES string of the molecule is CC[Si](O)(CC)CC.[NH-]c1c(F)c(F)c(F)c(F)c1F.[Zn]. The quantitative estimate of drug-likeness (QED) is 0.340. The molecule has 0 bridgehead atoms. The Kier molecular flexibility index (Phi) is 10.3. The van der Waals surface area contributed by atoms with Crippen LogP contribution in [0.25, 0.3) is 5.73 Å². The van der Waals surface area contributed by atoms with Crippen molar-refractivity contribution >= 4 is 14.0 Å². The van der Waals surface area contributed by atoms with Gasteiger partial charge < -0.3 is 10.5 Å². The minimum atomic E-state index is -2.25. The van der Waals surface area contributed by atoms with Crippen molar-refractivity contribution in [2.75, 3.05) is 0 Å². The fourth-order valence-electron chi connectivity index (χ4n) is 1.35. The Morgan fingerprint density at radius 2 is 1.00 bits per heavy atom. The van der Waals surface area contributed by atoms with Crippen molar-refractivity contribution in [2.24, 2.45) is 0 Å². The van der Waals surface area contributed by atoms with Gasteiger partial charge in [0.15, 0.2) is 25.8 Å². The van der Waals surface area contributed by atoms with Crippen LogP contribution in [0.2, 0.25) is 18.1 Å². The van der Waals surface area contributed by atoms with Crippen LogP contribution in [0, 0.1) is 29.1 Å². The molecule has 0 aliphatic rings. The van der Waals surface area contributed by atoms with E-state index in [1.165, 1.54) is 0 Å². The Balaban J connectivity index is 0. The third-order valence-electron chi connectivity index (χ3n) is 3.18. The summed E-state index contributed by atoms with van der Waals surface area (Å²) in [5.74, 6) is -10.7. The number of hydrogen-bond acceptors (Lipinski definition) is 1. The number of benzene rings is 1. The molecule has 0 aliphatic heterocycles. The molecule has 0 radical (unpaired) electrons. The first-order valence-corrected chi connectivity index (χ1v) is 8.67. The number of nitrogens with one attached hydrogen (secondary N) is 1. The van der Waals surface area contributed by atoms with Gasteiger partial charge in [0.2, 0.25) is 0 Å². The molecule has 0 aliphatic carbocycles. The van der Waals surface area contributed by atoms with Crippen molar-refractivity contribution in [3.8, 4) is 0 Å². The van der Waals surface area contributed by atoms with Crippen molar-refractivity contribution in [2.45, 2.75) is 38.9 Å². The van der Waals surface area contributed by atoms with E-state index in [0.717, 1.165) is 18.1 Å². The maximum atomic E-state index is 12.2. The molecule has 0 amide bonds. The summed E-state index contributed by atoms with van der Waals surface area (Å²) in [5.41, 5.74) is 4.81. The van der Waals surface area contributed by atoms with Gasteiger partial charge in [-0.3, -0.25) is 0 Å². The Labute approximate surface area is 134 Å². The van der Waals surface area contributed by atoms with Crippen LogP contribution < -0.4 is 0 Å². The molecule has 0 atom stereocenters. The molecule has 0 saturated heterocycles. The zero-order chi connectivity index (χ0) is 16.1. The van der Waals surface area contributed by atoms with Crippen molar-refractivity contribution in [3.05, 3.63) is 34.8 Å². The van der Waals surface area contributed by atoms with E-state index in [-0.39, 0.29) is 19.5 Å². The van der Waals surface area contributed by atoms with E-state index >= 15 is 0 Å². The third-order valence-corrected chi connectivity index (χ3v) is 7.13. The molecule has 2 N–H and O–H groups in total. The van der Waals surface area contributed by atoms with Gasteiger partial charge in [0.05, 0.1) is 0 Å². The van der Waals surface area contributed by atoms with E-state index < -0.39 is 43.1 Å². The molecular formula is C12H17F5NOSiZn-. The van der Waals surface area contributed by atoms with Gasteiger partial charge >= 0.3 is 0 Å². The maximum Gasteiger partial charge on any atom is 0.200 e. The van der Waals surface area contributed by atoms with Gasteiger partial charge in [0.25, 0.3) is 0 Å². The molecule has 0 heterocycles. The average molecular weight is 380 g/mol. The van der Waals surface area contributed by atoms with Crippen LogP contribution in [0.3, 0.4) is 0 Å². The van der Waals surface area contributed by atoms with Crippen LogP contribution in [0.4, 0.5) is 27.6 Å². The predicted molar refractivity (Wildman–Crippen MR) is 69.6 cm³/mol. The fraction of sp³-hybridized carbons (Fsp3) is 0.500. The van der Waals surface area contributed by atoms with Gasteiger partial charge in [-0.1, -0.05) is 26.5 Å². The van der Waals surface area contributed by atoms with Gasteiger partial charge in [-0.25, -0.2) is 22.0 Å². The first kappa shape index (κ1) is 22.7. The summed E-state index contributed by atoms with van der Waals surface area (Å²) >= 11 is 0. The fourth-order valence-corrected chi connectivity index (χ4v) is 2.85. The molecular weight excluding hydrogens is 363 g/mol. The van der Waals surface area contributed by atoms with Gasteiger partial charge in [-0.15, -0.1) is 0 Å². The minimum Gasteiger partial charge on any atom is -0.694 e. The second-order valence-corrected chi connectivity index (χ2v) is 8.80. The summed E-state index contributed by atoms with van der Waals surface area (Å²) in [7, 11) is -1.67. The van der Waals surface area contributed by atoms with E-state index in [0.29, 0.717) is 0 Å². The Hall–Kier alpha value is -0.530. The third kappa shape index (κ3) is 5.64. The maximum absolute atomic E-state index is 12.2. The average Bonchev–Trinajstić information content (AvgIpc) is 2.48. The molecule has 0 spiro atoms. The molecule has 1 rings (SSSR count). The van der Waals surface area contributed by atoms with Gasteiger partial charge in [0.1, 0.15) is 11.6 Å². The Morgan fingerprint density at radius 1 is 0.762 bits per heavy atom. The van der Waals surface area contributed by atoms with E-state index in [1.807, 2.05) is 0 Å². The van der Waals surface area contributed by atoms with Crippen LogP contribution in [0.15, 0.2) is 0 Å². The van der Waals surface area contributed by atoms with Gasteiger partial charge in [0, 0.05) is 19.5 Å². The molecule has 21 heavy (non-hydrogen) atoms. The van der Waals surface area contributed by atoms with E-state index in [9.17, 15) is 26.7 Å². The smallest absolute Gasteiger partial charge is 0.200 e. The van der Waals surface area contributed by atoms with E-state index in [4.69, 9.17) is 5.73 Å². The van der Waals surface area contributed by atoms with E-state index in [1.54, 1.807) is 0 Å². The summed E-state index contributed by atoms with van der Waals surface area (Å²) in [6.07, 6.45) is 0. The monoisotopic (exact) mass is 378 g/mol. The van der Waals surface area contributed by atoms with Crippen molar-refractivity contribution in [1.82, 2.24) is 0 Å². The van der Waals surface area contributed by atoms with Crippen LogP contribution in [-0.4, -0.2) is 13.1 Å². The van der Waals surface area contributed by atoms with Crippen LogP contribution in [0.5, 0.6) is 0 Å². The van der Waals surface area contributed by atoms with Crippen LogP contribution >= 0.6 is 0 Å². The largest absolute Gasteiger partial charge is 0.694 e. The van der Waals surface area contributed by atoms with Crippen molar-refractivity contribution < 1.29 is 46.2 Å². The molecule has 0 fully saturated rings. The summed E-state index contributed by atoms with van der Waals surface area (Å²) in [6.45, 7) is 6.25. The molecule has 0 unspecified atom stereocenters. The van der Waals surface area contributed by atoms with Gasteiger partial charge in [-0.2, -0.15) is 0 Å². The standard InChI is InChI=1S/C6HF5N.C6H16OSi.Zn/c7-1-2(8)4(10)6(12)5(11)3(1)9;1-4-8(7,5-2)6-3;/h12H;7H,4-6H2,1-3H3;/q-1;;. The topological polar surface area (TPSA) is 44.0 Å². The van der Waals surface area contributed by atoms with E-state index in [2.05, 4.69) is 20.8 Å². The Morgan fingerprint density at radius 3 is 1.19 bits per heavy atom. The number of hydrogen-bond donors (Lipinski definition) is 1. The molecule has 9 heteroatoms. The molecule has 118 valence electrons. The minimum absolute atomic E-state index is 0. The Bertz CT molecular complexity index is 358. The predicted octanol–water partition coefficient (Wildman–Crippen LogP) is 5.05. The summed E-state index contributed by atoms with van der Waals surface area (Å²) in [4.78, 5) is 9.58. The molecule has 0 aromatic heterocycles. The zero-order valence-corrected chi connectivity index (χ0v) is 16.1. The summed E-state index contributed by atoms with van der Waals surface area (Å²) in [6, 6.07) is 3.04. The second-order valence-electron chi connectivity index (χ2n) is 4.23. The first-order chi connectivity index (χ1) is 9.15. The summed E-state index contributed by atoms with van der Waals surface area (Å²) < 4.78 is 60.9. The molecule has 1 aromatic carbocycles.